The lowest BCUT2D eigenvalue weighted by molar-refractivity contribution is -0.115. The van der Waals surface area contributed by atoms with Gasteiger partial charge in [-0.1, -0.05) is 42.5 Å². The molecular weight excluding hydrogens is 341 g/mol. The summed E-state index contributed by atoms with van der Waals surface area (Å²) >= 11 is 0.853. The number of ketones is 1. The number of thioether (sulfide) groups is 1. The van der Waals surface area contributed by atoms with Crippen molar-refractivity contribution in [1.29, 1.82) is 0 Å². The van der Waals surface area contributed by atoms with Gasteiger partial charge >= 0.3 is 0 Å². The second-order valence-corrected chi connectivity index (χ2v) is 6.21. The van der Waals surface area contributed by atoms with Crippen LogP contribution in [0.4, 0.5) is 9.18 Å². The first-order valence-corrected chi connectivity index (χ1v) is 8.16. The molecule has 1 saturated heterocycles. The van der Waals surface area contributed by atoms with Crippen LogP contribution in [-0.4, -0.2) is 16.9 Å². The number of allylic oxidation sites excluding steroid dienone is 1. The number of amides is 2. The Labute approximate surface area is 147 Å². The molecule has 2 aromatic carbocycles. The fraction of sp³-hybridized carbons (Fsp3) is 0. The van der Waals surface area contributed by atoms with Gasteiger partial charge in [0.25, 0.3) is 11.1 Å². The number of rotatable bonds is 4. The molecular formula is C19H12FNO3S. The number of carbonyl (C=O) groups is 3. The zero-order valence-electron chi connectivity index (χ0n) is 12.9. The van der Waals surface area contributed by atoms with Gasteiger partial charge < -0.3 is 0 Å². The smallest absolute Gasteiger partial charge is 0.289 e. The molecule has 0 bridgehead atoms. The number of nitrogens with one attached hydrogen (secondary N) is 1. The molecule has 1 fully saturated rings. The topological polar surface area (TPSA) is 63.2 Å². The minimum atomic E-state index is -0.555. The Kier molecular flexibility index (Phi) is 4.90. The molecule has 1 aliphatic heterocycles. The van der Waals surface area contributed by atoms with Crippen LogP contribution >= 0.6 is 11.8 Å². The molecule has 3 rings (SSSR count). The lowest BCUT2D eigenvalue weighted by Crippen LogP contribution is -2.17. The maximum absolute atomic E-state index is 13.6. The van der Waals surface area contributed by atoms with Gasteiger partial charge in [0.2, 0.25) is 0 Å². The van der Waals surface area contributed by atoms with E-state index in [2.05, 4.69) is 5.32 Å². The minimum Gasteiger partial charge on any atom is -0.289 e. The molecule has 25 heavy (non-hydrogen) atoms. The molecule has 1 aliphatic rings. The van der Waals surface area contributed by atoms with Gasteiger partial charge in [-0.05, 0) is 47.2 Å². The molecule has 1 heterocycles. The highest BCUT2D eigenvalue weighted by Crippen LogP contribution is 2.25. The summed E-state index contributed by atoms with van der Waals surface area (Å²) < 4.78 is 13.6. The monoisotopic (exact) mass is 353 g/mol. The van der Waals surface area contributed by atoms with Gasteiger partial charge in [-0.15, -0.1) is 0 Å². The molecule has 2 aromatic rings. The van der Waals surface area contributed by atoms with E-state index in [0.717, 1.165) is 22.9 Å². The van der Waals surface area contributed by atoms with E-state index in [1.54, 1.807) is 42.5 Å². The Morgan fingerprint density at radius 2 is 1.68 bits per heavy atom. The average molecular weight is 353 g/mol. The largest absolute Gasteiger partial charge is 0.290 e. The normalized spacial score (nSPS) is 15.8. The van der Waals surface area contributed by atoms with Crippen LogP contribution in [0.3, 0.4) is 0 Å². The van der Waals surface area contributed by atoms with Gasteiger partial charge in [0.1, 0.15) is 5.82 Å². The Bertz CT molecular complexity index is 917. The second kappa shape index (κ2) is 7.27. The van der Waals surface area contributed by atoms with Crippen molar-refractivity contribution in [1.82, 2.24) is 5.32 Å². The Balaban J connectivity index is 1.72. The van der Waals surface area contributed by atoms with Crippen LogP contribution in [0.5, 0.6) is 0 Å². The second-order valence-electron chi connectivity index (χ2n) is 5.20. The van der Waals surface area contributed by atoms with Crippen molar-refractivity contribution in [3.63, 3.8) is 0 Å². The summed E-state index contributed by atoms with van der Waals surface area (Å²) in [4.78, 5) is 34.9. The standard InChI is InChI=1S/C19H12FNO3S/c20-15-4-2-1-3-14(15)16(22)10-9-12-5-7-13(8-6-12)11-17-18(23)21-19(24)25-17/h1-11H,(H,21,23,24)/b10-9+,17-11-. The average Bonchev–Trinajstić information content (AvgIpc) is 2.91. The highest BCUT2D eigenvalue weighted by Gasteiger charge is 2.24. The van der Waals surface area contributed by atoms with Gasteiger partial charge in [0.15, 0.2) is 5.78 Å². The van der Waals surface area contributed by atoms with Crippen molar-refractivity contribution < 1.29 is 18.8 Å². The number of hydrogen-bond acceptors (Lipinski definition) is 4. The number of imide groups is 1. The lowest BCUT2D eigenvalue weighted by Gasteiger charge is -1.99. The van der Waals surface area contributed by atoms with Crippen molar-refractivity contribution >= 4 is 40.8 Å². The molecule has 0 atom stereocenters. The van der Waals surface area contributed by atoms with Crippen LogP contribution in [0.2, 0.25) is 0 Å². The molecule has 124 valence electrons. The van der Waals surface area contributed by atoms with Gasteiger partial charge in [-0.25, -0.2) is 4.39 Å². The first-order chi connectivity index (χ1) is 12.0. The SMILES string of the molecule is O=C1NC(=O)/C(=C/c2ccc(/C=C/C(=O)c3ccccc3F)cc2)S1. The number of carbonyl (C=O) groups excluding carboxylic acids is 3. The van der Waals surface area contributed by atoms with Crippen LogP contribution in [-0.2, 0) is 4.79 Å². The van der Waals surface area contributed by atoms with Crippen LogP contribution in [0, 0.1) is 5.82 Å². The van der Waals surface area contributed by atoms with E-state index in [0.29, 0.717) is 4.91 Å². The van der Waals surface area contributed by atoms with Crippen LogP contribution in [0.25, 0.3) is 12.2 Å². The zero-order valence-corrected chi connectivity index (χ0v) is 13.7. The molecule has 0 radical (unpaired) electrons. The molecule has 0 aliphatic carbocycles. The van der Waals surface area contributed by atoms with E-state index < -0.39 is 17.5 Å². The van der Waals surface area contributed by atoms with E-state index in [1.165, 1.54) is 24.3 Å². The van der Waals surface area contributed by atoms with Gasteiger partial charge in [-0.2, -0.15) is 0 Å². The molecule has 4 nitrogen and oxygen atoms in total. The van der Waals surface area contributed by atoms with Gasteiger partial charge in [-0.3, -0.25) is 19.7 Å². The molecule has 0 aromatic heterocycles. The number of benzene rings is 2. The summed E-state index contributed by atoms with van der Waals surface area (Å²) in [6.45, 7) is 0. The molecule has 0 unspecified atom stereocenters. The Morgan fingerprint density at radius 1 is 1.00 bits per heavy atom. The van der Waals surface area contributed by atoms with E-state index in [4.69, 9.17) is 0 Å². The van der Waals surface area contributed by atoms with Crippen molar-refractivity contribution in [3.8, 4) is 0 Å². The van der Waals surface area contributed by atoms with E-state index in [-0.39, 0.29) is 10.8 Å². The third-order valence-corrected chi connectivity index (χ3v) is 4.25. The molecule has 1 N–H and O–H groups in total. The quantitative estimate of drug-likeness (QED) is 0.665. The van der Waals surface area contributed by atoms with Crippen molar-refractivity contribution in [2.45, 2.75) is 0 Å². The maximum Gasteiger partial charge on any atom is 0.290 e. The van der Waals surface area contributed by atoms with Gasteiger partial charge in [0.05, 0.1) is 10.5 Å². The Hall–Kier alpha value is -2.99. The van der Waals surface area contributed by atoms with Gasteiger partial charge in [0, 0.05) is 0 Å². The van der Waals surface area contributed by atoms with Crippen molar-refractivity contribution in [2.24, 2.45) is 0 Å². The first-order valence-electron chi connectivity index (χ1n) is 7.35. The van der Waals surface area contributed by atoms with E-state index in [1.807, 2.05) is 0 Å². The third-order valence-electron chi connectivity index (χ3n) is 3.44. The third kappa shape index (κ3) is 4.10. The van der Waals surface area contributed by atoms with Crippen molar-refractivity contribution in [3.05, 3.63) is 82.0 Å². The molecule has 0 saturated carbocycles. The molecule has 6 heteroatoms. The fourth-order valence-corrected chi connectivity index (χ4v) is 2.88. The molecule has 0 spiro atoms. The highest BCUT2D eigenvalue weighted by atomic mass is 32.2. The lowest BCUT2D eigenvalue weighted by atomic mass is 10.1. The summed E-state index contributed by atoms with van der Waals surface area (Å²) in [5.74, 6) is -1.38. The predicted molar refractivity (Wildman–Crippen MR) is 95.3 cm³/mol. The summed E-state index contributed by atoms with van der Waals surface area (Å²) in [5, 5.41) is 1.80. The Morgan fingerprint density at radius 3 is 2.32 bits per heavy atom. The zero-order chi connectivity index (χ0) is 17.8. The van der Waals surface area contributed by atoms with E-state index >= 15 is 0 Å². The summed E-state index contributed by atoms with van der Waals surface area (Å²) in [6.07, 6.45) is 4.51. The highest BCUT2D eigenvalue weighted by molar-refractivity contribution is 8.18. The minimum absolute atomic E-state index is 0.0223. The van der Waals surface area contributed by atoms with Crippen LogP contribution < -0.4 is 5.32 Å². The maximum atomic E-state index is 13.6. The predicted octanol–water partition coefficient (Wildman–Crippen LogP) is 4.05. The van der Waals surface area contributed by atoms with Crippen LogP contribution in [0.1, 0.15) is 21.5 Å². The fourth-order valence-electron chi connectivity index (χ4n) is 2.20. The summed E-state index contributed by atoms with van der Waals surface area (Å²) in [5.41, 5.74) is 1.53. The summed E-state index contributed by atoms with van der Waals surface area (Å²) in [7, 11) is 0. The number of halogens is 1. The molecule has 2 amide bonds. The van der Waals surface area contributed by atoms with Crippen LogP contribution in [0.15, 0.2) is 59.5 Å². The number of hydrogen-bond donors (Lipinski definition) is 1. The van der Waals surface area contributed by atoms with Crippen molar-refractivity contribution in [2.75, 3.05) is 0 Å². The van der Waals surface area contributed by atoms with E-state index in [9.17, 15) is 18.8 Å². The first kappa shape index (κ1) is 16.9. The summed E-state index contributed by atoms with van der Waals surface area (Å²) in [6, 6.07) is 12.9.